The number of nitrogens with zero attached hydrogens (tertiary/aromatic N) is 3. The number of hydrogen-bond acceptors (Lipinski definition) is 6. The molecule has 3 aromatic rings. The summed E-state index contributed by atoms with van der Waals surface area (Å²) in [6.45, 7) is 1.78. The van der Waals surface area contributed by atoms with Crippen LogP contribution in [0.2, 0.25) is 0 Å². The molecule has 3 rings (SSSR count). The number of hydrogen-bond donors (Lipinski definition) is 2. The van der Waals surface area contributed by atoms with Crippen LogP contribution in [-0.2, 0) is 9.59 Å². The highest BCUT2D eigenvalue weighted by molar-refractivity contribution is 7.99. The third-order valence-electron chi connectivity index (χ3n) is 3.96. The van der Waals surface area contributed by atoms with Crippen LogP contribution in [0.3, 0.4) is 0 Å². The minimum atomic E-state index is -0.334. The standard InChI is InChI=1S/C20H21N5O3S/c1-14-8-9-17(28-2)16(10-14)23-18(26)11-21-19(27)12-29-20-24-22-13-25(20)15-6-4-3-5-7-15/h3-10,13H,11-12H2,1-2H3,(H,21,27)(H,23,26). The van der Waals surface area contributed by atoms with Crippen molar-refractivity contribution in [2.75, 3.05) is 24.7 Å². The van der Waals surface area contributed by atoms with Crippen molar-refractivity contribution in [3.05, 3.63) is 60.4 Å². The van der Waals surface area contributed by atoms with Gasteiger partial charge in [-0.15, -0.1) is 10.2 Å². The van der Waals surface area contributed by atoms with Gasteiger partial charge in [0, 0.05) is 5.69 Å². The van der Waals surface area contributed by atoms with E-state index in [1.807, 2.05) is 49.4 Å². The van der Waals surface area contributed by atoms with Gasteiger partial charge in [-0.25, -0.2) is 0 Å². The normalized spacial score (nSPS) is 10.4. The van der Waals surface area contributed by atoms with E-state index in [0.717, 1.165) is 11.3 Å². The second-order valence-electron chi connectivity index (χ2n) is 6.14. The Morgan fingerprint density at radius 2 is 1.93 bits per heavy atom. The molecule has 8 nitrogen and oxygen atoms in total. The first-order valence-corrected chi connectivity index (χ1v) is 9.85. The maximum atomic E-state index is 12.2. The van der Waals surface area contributed by atoms with Crippen molar-refractivity contribution in [1.29, 1.82) is 0 Å². The van der Waals surface area contributed by atoms with Crippen LogP contribution in [0.25, 0.3) is 5.69 Å². The van der Waals surface area contributed by atoms with Crippen LogP contribution < -0.4 is 15.4 Å². The summed E-state index contributed by atoms with van der Waals surface area (Å²) in [5.41, 5.74) is 2.47. The zero-order chi connectivity index (χ0) is 20.6. The van der Waals surface area contributed by atoms with Crippen molar-refractivity contribution in [3.63, 3.8) is 0 Å². The number of aryl methyl sites for hydroxylation is 1. The lowest BCUT2D eigenvalue weighted by molar-refractivity contribution is -0.122. The highest BCUT2D eigenvalue weighted by Crippen LogP contribution is 2.25. The highest BCUT2D eigenvalue weighted by Gasteiger charge is 2.12. The smallest absolute Gasteiger partial charge is 0.243 e. The Morgan fingerprint density at radius 1 is 1.14 bits per heavy atom. The van der Waals surface area contributed by atoms with Crippen LogP contribution in [-0.4, -0.2) is 46.0 Å². The van der Waals surface area contributed by atoms with Crippen LogP contribution in [0.5, 0.6) is 5.75 Å². The van der Waals surface area contributed by atoms with E-state index in [1.54, 1.807) is 17.0 Å². The Morgan fingerprint density at radius 3 is 2.69 bits per heavy atom. The number of carbonyl (C=O) groups is 2. The van der Waals surface area contributed by atoms with Gasteiger partial charge in [0.05, 0.1) is 25.1 Å². The minimum absolute atomic E-state index is 0.118. The molecular formula is C20H21N5O3S. The van der Waals surface area contributed by atoms with Gasteiger partial charge in [-0.2, -0.15) is 0 Å². The maximum absolute atomic E-state index is 12.2. The van der Waals surface area contributed by atoms with Crippen LogP contribution in [0.1, 0.15) is 5.56 Å². The molecule has 0 atom stereocenters. The van der Waals surface area contributed by atoms with Crippen molar-refractivity contribution in [2.24, 2.45) is 0 Å². The van der Waals surface area contributed by atoms with E-state index in [4.69, 9.17) is 4.74 Å². The number of carbonyl (C=O) groups excluding carboxylic acids is 2. The first-order valence-electron chi connectivity index (χ1n) is 8.86. The van der Waals surface area contributed by atoms with Gasteiger partial charge < -0.3 is 15.4 Å². The average Bonchev–Trinajstić information content (AvgIpc) is 3.20. The maximum Gasteiger partial charge on any atom is 0.243 e. The number of thioether (sulfide) groups is 1. The molecule has 0 fully saturated rings. The molecule has 0 saturated carbocycles. The summed E-state index contributed by atoms with van der Waals surface area (Å²) in [6.07, 6.45) is 1.60. The number of rotatable bonds is 8. The summed E-state index contributed by atoms with van der Waals surface area (Å²) in [5.74, 6) is 0.0711. The van der Waals surface area contributed by atoms with Gasteiger partial charge in [-0.1, -0.05) is 36.0 Å². The van der Waals surface area contributed by atoms with E-state index in [0.29, 0.717) is 16.6 Å². The number of ether oxygens (including phenoxy) is 1. The van der Waals surface area contributed by atoms with Crippen molar-refractivity contribution >= 4 is 29.3 Å². The SMILES string of the molecule is COc1ccc(C)cc1NC(=O)CNC(=O)CSc1nncn1-c1ccccc1. The molecule has 0 unspecified atom stereocenters. The number of para-hydroxylation sites is 1. The van der Waals surface area contributed by atoms with E-state index in [2.05, 4.69) is 20.8 Å². The molecule has 0 aliphatic heterocycles. The first kappa shape index (κ1) is 20.4. The second-order valence-corrected chi connectivity index (χ2v) is 7.08. The molecule has 2 amide bonds. The zero-order valence-corrected chi connectivity index (χ0v) is 16.9. The Bertz CT molecular complexity index is 991. The first-order chi connectivity index (χ1) is 14.1. The monoisotopic (exact) mass is 411 g/mol. The number of nitrogens with one attached hydrogen (secondary N) is 2. The summed E-state index contributed by atoms with van der Waals surface area (Å²) in [4.78, 5) is 24.3. The molecule has 9 heteroatoms. The van der Waals surface area contributed by atoms with Gasteiger partial charge in [0.15, 0.2) is 5.16 Å². The Labute approximate surface area is 172 Å². The number of amides is 2. The highest BCUT2D eigenvalue weighted by atomic mass is 32.2. The molecule has 1 heterocycles. The van der Waals surface area contributed by atoms with E-state index in [1.165, 1.54) is 18.9 Å². The third kappa shape index (κ3) is 5.58. The third-order valence-corrected chi connectivity index (χ3v) is 4.90. The second kappa shape index (κ2) is 9.74. The van der Waals surface area contributed by atoms with Gasteiger partial charge in [-0.05, 0) is 36.8 Å². The number of aromatic nitrogens is 3. The lowest BCUT2D eigenvalue weighted by Crippen LogP contribution is -2.34. The minimum Gasteiger partial charge on any atom is -0.495 e. The Kier molecular flexibility index (Phi) is 6.85. The number of anilines is 1. The lowest BCUT2D eigenvalue weighted by atomic mass is 10.2. The molecular weight excluding hydrogens is 390 g/mol. The van der Waals surface area contributed by atoms with Crippen molar-refractivity contribution < 1.29 is 14.3 Å². The molecule has 2 aromatic carbocycles. The van der Waals surface area contributed by atoms with Crippen LogP contribution in [0, 0.1) is 6.92 Å². The molecule has 29 heavy (non-hydrogen) atoms. The molecule has 0 aliphatic rings. The fourth-order valence-electron chi connectivity index (χ4n) is 2.56. The van der Waals surface area contributed by atoms with Gasteiger partial charge in [0.2, 0.25) is 11.8 Å². The summed E-state index contributed by atoms with van der Waals surface area (Å²) in [7, 11) is 1.54. The van der Waals surface area contributed by atoms with Crippen molar-refractivity contribution in [1.82, 2.24) is 20.1 Å². The number of benzene rings is 2. The largest absolute Gasteiger partial charge is 0.495 e. The molecule has 0 spiro atoms. The topological polar surface area (TPSA) is 98.1 Å². The summed E-state index contributed by atoms with van der Waals surface area (Å²) >= 11 is 1.25. The number of methoxy groups -OCH3 is 1. The molecule has 150 valence electrons. The van der Waals surface area contributed by atoms with Gasteiger partial charge in [0.25, 0.3) is 0 Å². The zero-order valence-electron chi connectivity index (χ0n) is 16.1. The fourth-order valence-corrected chi connectivity index (χ4v) is 3.32. The summed E-state index contributed by atoms with van der Waals surface area (Å²) < 4.78 is 7.03. The molecule has 0 aliphatic carbocycles. The van der Waals surface area contributed by atoms with Crippen molar-refractivity contribution in [3.8, 4) is 11.4 Å². The van der Waals surface area contributed by atoms with Crippen LogP contribution in [0.4, 0.5) is 5.69 Å². The molecule has 0 saturated heterocycles. The lowest BCUT2D eigenvalue weighted by Gasteiger charge is -2.11. The molecule has 1 aromatic heterocycles. The van der Waals surface area contributed by atoms with E-state index in [9.17, 15) is 9.59 Å². The summed E-state index contributed by atoms with van der Waals surface area (Å²) in [6, 6.07) is 15.1. The van der Waals surface area contributed by atoms with Crippen LogP contribution in [0.15, 0.2) is 60.0 Å². The average molecular weight is 411 g/mol. The molecule has 0 bridgehead atoms. The van der Waals surface area contributed by atoms with Gasteiger partial charge >= 0.3 is 0 Å². The molecule has 2 N–H and O–H groups in total. The predicted octanol–water partition coefficient (Wildman–Crippen LogP) is 2.43. The van der Waals surface area contributed by atoms with E-state index < -0.39 is 0 Å². The van der Waals surface area contributed by atoms with Crippen LogP contribution >= 0.6 is 11.8 Å². The van der Waals surface area contributed by atoms with Crippen molar-refractivity contribution in [2.45, 2.75) is 12.1 Å². The summed E-state index contributed by atoms with van der Waals surface area (Å²) in [5, 5.41) is 13.9. The van der Waals surface area contributed by atoms with E-state index in [-0.39, 0.29) is 24.1 Å². The fraction of sp³-hybridized carbons (Fsp3) is 0.200. The Hall–Kier alpha value is -3.33. The predicted molar refractivity (Wildman–Crippen MR) is 111 cm³/mol. The quantitative estimate of drug-likeness (QED) is 0.553. The molecule has 0 radical (unpaired) electrons. The Balaban J connectivity index is 1.49. The van der Waals surface area contributed by atoms with Gasteiger partial charge in [-0.3, -0.25) is 14.2 Å². The van der Waals surface area contributed by atoms with Gasteiger partial charge in [0.1, 0.15) is 12.1 Å². The van der Waals surface area contributed by atoms with E-state index >= 15 is 0 Å².